The second-order valence-corrected chi connectivity index (χ2v) is 9.32. The van der Waals surface area contributed by atoms with Crippen LogP contribution in [0.25, 0.3) is 21.9 Å². The number of aromatic hydroxyl groups is 1. The van der Waals surface area contributed by atoms with E-state index < -0.39 is 0 Å². The number of phenolic OH excluding ortho intramolecular Hbond substituents is 1. The van der Waals surface area contributed by atoms with Crippen LogP contribution < -0.4 is 0 Å². The normalized spacial score (nSPS) is 31.5. The molecule has 0 aromatic heterocycles. The van der Waals surface area contributed by atoms with Gasteiger partial charge in [0.2, 0.25) is 0 Å². The highest BCUT2D eigenvalue weighted by molar-refractivity contribution is 5.88. The molecular weight excluding hydrogens is 328 g/mol. The van der Waals surface area contributed by atoms with Crippen molar-refractivity contribution < 1.29 is 5.11 Å². The zero-order valence-corrected chi connectivity index (χ0v) is 15.6. The van der Waals surface area contributed by atoms with Gasteiger partial charge in [0.05, 0.1) is 0 Å². The van der Waals surface area contributed by atoms with E-state index in [-0.39, 0.29) is 0 Å². The molecule has 136 valence electrons. The van der Waals surface area contributed by atoms with Gasteiger partial charge in [-0.1, -0.05) is 42.5 Å². The number of phenols is 1. The Hall–Kier alpha value is -2.28. The van der Waals surface area contributed by atoms with Gasteiger partial charge in [-0.2, -0.15) is 0 Å². The van der Waals surface area contributed by atoms with Gasteiger partial charge in [0, 0.05) is 0 Å². The van der Waals surface area contributed by atoms with E-state index in [0.717, 1.165) is 35.2 Å². The number of hydrogen-bond acceptors (Lipinski definition) is 1. The quantitative estimate of drug-likeness (QED) is 0.539. The third-order valence-corrected chi connectivity index (χ3v) is 7.68. The topological polar surface area (TPSA) is 20.2 Å². The lowest BCUT2D eigenvalue weighted by atomic mass is 9.51. The molecule has 0 aliphatic heterocycles. The summed E-state index contributed by atoms with van der Waals surface area (Å²) in [5.74, 6) is 5.08. The molecule has 4 bridgehead atoms. The van der Waals surface area contributed by atoms with Crippen LogP contribution in [0.4, 0.5) is 0 Å². The van der Waals surface area contributed by atoms with Crippen molar-refractivity contribution in [2.75, 3.05) is 0 Å². The summed E-state index contributed by atoms with van der Waals surface area (Å²) in [5, 5.41) is 12.2. The number of hydrogen-bond donors (Lipinski definition) is 1. The summed E-state index contributed by atoms with van der Waals surface area (Å²) in [5.41, 5.74) is 3.96. The van der Waals surface area contributed by atoms with E-state index in [2.05, 4.69) is 36.4 Å². The summed E-state index contributed by atoms with van der Waals surface area (Å²) < 4.78 is 0. The number of fused-ring (bicyclic) bond motifs is 1. The summed E-state index contributed by atoms with van der Waals surface area (Å²) in [6.07, 6.45) is 7.45. The zero-order chi connectivity index (χ0) is 18.0. The molecular formula is C26H26O. The van der Waals surface area contributed by atoms with E-state index in [0.29, 0.717) is 5.75 Å². The molecule has 0 spiro atoms. The van der Waals surface area contributed by atoms with Crippen LogP contribution in [0.1, 0.15) is 43.6 Å². The summed E-state index contributed by atoms with van der Waals surface area (Å²) in [6.45, 7) is 0. The third-order valence-electron chi connectivity index (χ3n) is 7.68. The summed E-state index contributed by atoms with van der Waals surface area (Å²) in [7, 11) is 0. The van der Waals surface area contributed by atoms with E-state index >= 15 is 0 Å². The minimum Gasteiger partial charge on any atom is -0.508 e. The Morgan fingerprint density at radius 2 is 1.19 bits per heavy atom. The third kappa shape index (κ3) is 2.59. The van der Waals surface area contributed by atoms with E-state index in [4.69, 9.17) is 0 Å². The summed E-state index contributed by atoms with van der Waals surface area (Å²) in [4.78, 5) is 0. The Kier molecular flexibility index (Phi) is 3.42. The fourth-order valence-corrected chi connectivity index (χ4v) is 6.77. The van der Waals surface area contributed by atoms with Crippen LogP contribution in [0.3, 0.4) is 0 Å². The summed E-state index contributed by atoms with van der Waals surface area (Å²) in [6, 6.07) is 21.5. The highest BCUT2D eigenvalue weighted by atomic mass is 16.3. The van der Waals surface area contributed by atoms with Crippen LogP contribution in [0.5, 0.6) is 5.75 Å². The zero-order valence-electron chi connectivity index (χ0n) is 15.6. The Morgan fingerprint density at radius 3 is 1.89 bits per heavy atom. The van der Waals surface area contributed by atoms with Gasteiger partial charge in [-0.25, -0.2) is 0 Å². The smallest absolute Gasteiger partial charge is 0.115 e. The van der Waals surface area contributed by atoms with Crippen molar-refractivity contribution in [2.45, 2.75) is 38.0 Å². The Balaban J connectivity index is 1.35. The average molecular weight is 354 g/mol. The lowest BCUT2D eigenvalue weighted by Gasteiger charge is -2.54. The monoisotopic (exact) mass is 354 g/mol. The SMILES string of the molecule is Oc1ccc(-c2ccc3cc(C4C5CC6CC(C5)CC4C6)ccc3c2)cc1. The lowest BCUT2D eigenvalue weighted by Crippen LogP contribution is -2.43. The maximum Gasteiger partial charge on any atom is 0.115 e. The fraction of sp³-hybridized carbons (Fsp3) is 0.385. The predicted octanol–water partition coefficient (Wildman–Crippen LogP) is 6.75. The number of rotatable bonds is 2. The van der Waals surface area contributed by atoms with Crippen molar-refractivity contribution in [3.63, 3.8) is 0 Å². The maximum atomic E-state index is 9.52. The molecule has 27 heavy (non-hydrogen) atoms. The maximum absolute atomic E-state index is 9.52. The van der Waals surface area contributed by atoms with Gasteiger partial charge in [-0.15, -0.1) is 0 Å². The lowest BCUT2D eigenvalue weighted by molar-refractivity contribution is -0.00273. The minimum atomic E-state index is 0.319. The second-order valence-electron chi connectivity index (χ2n) is 9.32. The highest BCUT2D eigenvalue weighted by Crippen LogP contribution is 2.59. The van der Waals surface area contributed by atoms with E-state index in [1.165, 1.54) is 48.4 Å². The van der Waals surface area contributed by atoms with Crippen molar-refractivity contribution in [1.82, 2.24) is 0 Å². The van der Waals surface area contributed by atoms with Gasteiger partial charge in [-0.05, 0) is 107 Å². The Labute approximate surface area is 161 Å². The minimum absolute atomic E-state index is 0.319. The first-order chi connectivity index (χ1) is 13.2. The first kappa shape index (κ1) is 15.7. The molecule has 3 aromatic rings. The molecule has 0 heterocycles. The van der Waals surface area contributed by atoms with Crippen molar-refractivity contribution >= 4 is 10.8 Å². The second kappa shape index (κ2) is 5.86. The van der Waals surface area contributed by atoms with Crippen molar-refractivity contribution in [3.05, 3.63) is 66.2 Å². The first-order valence-corrected chi connectivity index (χ1v) is 10.6. The fourth-order valence-electron chi connectivity index (χ4n) is 6.77. The van der Waals surface area contributed by atoms with Crippen molar-refractivity contribution in [2.24, 2.45) is 23.7 Å². The standard InChI is InChI=1S/C26H26O/c27-25-7-5-18(6-8-25)19-1-2-21-15-22(4-3-20(21)14-19)26-23-10-16-9-17(12-23)13-24(26)11-16/h1-8,14-17,23-24,26-27H,9-13H2. The van der Waals surface area contributed by atoms with Crippen LogP contribution in [0.2, 0.25) is 0 Å². The molecule has 1 nitrogen and oxygen atoms in total. The van der Waals surface area contributed by atoms with Gasteiger partial charge in [0.15, 0.2) is 0 Å². The van der Waals surface area contributed by atoms with Gasteiger partial charge < -0.3 is 5.11 Å². The van der Waals surface area contributed by atoms with Crippen LogP contribution in [-0.2, 0) is 0 Å². The van der Waals surface area contributed by atoms with E-state index in [1.54, 1.807) is 17.7 Å². The molecule has 1 N–H and O–H groups in total. The molecule has 7 rings (SSSR count). The van der Waals surface area contributed by atoms with Crippen molar-refractivity contribution in [1.29, 1.82) is 0 Å². The van der Waals surface area contributed by atoms with Crippen LogP contribution in [0.15, 0.2) is 60.7 Å². The molecule has 0 amide bonds. The average Bonchev–Trinajstić information content (AvgIpc) is 2.67. The molecule has 3 aromatic carbocycles. The largest absolute Gasteiger partial charge is 0.508 e. The molecule has 4 aliphatic rings. The first-order valence-electron chi connectivity index (χ1n) is 10.6. The molecule has 0 atom stereocenters. The molecule has 0 unspecified atom stereocenters. The van der Waals surface area contributed by atoms with Crippen LogP contribution in [-0.4, -0.2) is 5.11 Å². The van der Waals surface area contributed by atoms with E-state index in [9.17, 15) is 5.11 Å². The molecule has 4 aliphatic carbocycles. The molecule has 4 fully saturated rings. The predicted molar refractivity (Wildman–Crippen MR) is 111 cm³/mol. The Morgan fingerprint density at radius 1 is 0.593 bits per heavy atom. The number of benzene rings is 3. The van der Waals surface area contributed by atoms with Crippen LogP contribution in [0, 0.1) is 23.7 Å². The molecule has 0 radical (unpaired) electrons. The highest BCUT2D eigenvalue weighted by Gasteiger charge is 2.48. The Bertz CT molecular complexity index is 972. The van der Waals surface area contributed by atoms with Crippen molar-refractivity contribution in [3.8, 4) is 16.9 Å². The van der Waals surface area contributed by atoms with Gasteiger partial charge >= 0.3 is 0 Å². The molecule has 4 saturated carbocycles. The molecule has 1 heteroatoms. The van der Waals surface area contributed by atoms with Gasteiger partial charge in [0.25, 0.3) is 0 Å². The van der Waals surface area contributed by atoms with Gasteiger partial charge in [0.1, 0.15) is 5.75 Å². The van der Waals surface area contributed by atoms with Gasteiger partial charge in [-0.3, -0.25) is 0 Å². The molecule has 0 saturated heterocycles. The van der Waals surface area contributed by atoms with E-state index in [1.807, 2.05) is 12.1 Å². The van der Waals surface area contributed by atoms with Crippen LogP contribution >= 0.6 is 0 Å². The summed E-state index contributed by atoms with van der Waals surface area (Å²) >= 11 is 0.